The summed E-state index contributed by atoms with van der Waals surface area (Å²) in [6, 6.07) is 10.1. The van der Waals surface area contributed by atoms with Gasteiger partial charge in [-0.05, 0) is 51.8 Å². The van der Waals surface area contributed by atoms with Gasteiger partial charge in [0.25, 0.3) is 0 Å². The number of pyridine rings is 1. The van der Waals surface area contributed by atoms with E-state index < -0.39 is 0 Å². The molecule has 0 radical (unpaired) electrons. The number of rotatable bonds is 6. The number of piperidine rings is 1. The van der Waals surface area contributed by atoms with Gasteiger partial charge in [0.15, 0.2) is 5.65 Å². The Morgan fingerprint density at radius 3 is 2.61 bits per heavy atom. The monoisotopic (exact) mass is 513 g/mol. The van der Waals surface area contributed by atoms with Crippen molar-refractivity contribution in [3.8, 4) is 29.2 Å². The average Bonchev–Trinajstić information content (AvgIpc) is 3.37. The Hall–Kier alpha value is -4.10. The topological polar surface area (TPSA) is 102 Å². The van der Waals surface area contributed by atoms with E-state index in [1.165, 1.54) is 32.2 Å². The summed E-state index contributed by atoms with van der Waals surface area (Å²) >= 11 is 0. The fourth-order valence-electron chi connectivity index (χ4n) is 5.75. The van der Waals surface area contributed by atoms with Crippen LogP contribution >= 0.6 is 0 Å². The molecule has 6 rings (SSSR count). The molecule has 2 aliphatic rings. The van der Waals surface area contributed by atoms with Crippen LogP contribution in [0.3, 0.4) is 0 Å². The fourth-order valence-corrected chi connectivity index (χ4v) is 5.75. The molecule has 10 heteroatoms. The lowest BCUT2D eigenvalue weighted by Crippen LogP contribution is -2.43. The summed E-state index contributed by atoms with van der Waals surface area (Å²) in [6.45, 7) is 1.98. The molecule has 0 aliphatic carbocycles. The first kappa shape index (κ1) is 24.2. The molecule has 0 spiro atoms. The number of aryl methyl sites for hydroxylation is 1. The molecular formula is C28H28FN7O2. The summed E-state index contributed by atoms with van der Waals surface area (Å²) in [5.74, 6) is 0.686. The van der Waals surface area contributed by atoms with Crippen LogP contribution in [0.15, 0.2) is 36.7 Å². The first-order valence-electron chi connectivity index (χ1n) is 12.7. The number of methoxy groups -OCH3 is 1. The Labute approximate surface area is 219 Å². The van der Waals surface area contributed by atoms with Gasteiger partial charge in [0.2, 0.25) is 0 Å². The Balaban J connectivity index is 1.34. The maximum absolute atomic E-state index is 15.5. The summed E-state index contributed by atoms with van der Waals surface area (Å²) in [5, 5.41) is 9.37. The Bertz CT molecular complexity index is 1550. The minimum Gasteiger partial charge on any atom is -0.490 e. The number of nitriles is 1. The van der Waals surface area contributed by atoms with E-state index in [9.17, 15) is 5.26 Å². The number of halogens is 1. The van der Waals surface area contributed by atoms with Crippen LogP contribution in [-0.4, -0.2) is 61.7 Å². The molecule has 5 heterocycles. The van der Waals surface area contributed by atoms with Crippen molar-refractivity contribution in [2.45, 2.75) is 57.3 Å². The highest BCUT2D eigenvalue weighted by atomic mass is 19.1. The average molecular weight is 514 g/mol. The van der Waals surface area contributed by atoms with Gasteiger partial charge >= 0.3 is 6.01 Å². The Morgan fingerprint density at radius 2 is 1.89 bits per heavy atom. The molecule has 1 aromatic carbocycles. The molecule has 0 amide bonds. The predicted molar refractivity (Wildman–Crippen MR) is 138 cm³/mol. The van der Waals surface area contributed by atoms with Crippen molar-refractivity contribution in [1.82, 2.24) is 29.4 Å². The van der Waals surface area contributed by atoms with Gasteiger partial charge in [-0.25, -0.2) is 9.37 Å². The van der Waals surface area contributed by atoms with E-state index in [4.69, 9.17) is 14.5 Å². The van der Waals surface area contributed by atoms with Crippen LogP contribution < -0.4 is 9.47 Å². The zero-order valence-electron chi connectivity index (χ0n) is 21.6. The van der Waals surface area contributed by atoms with Crippen LogP contribution in [0.25, 0.3) is 22.6 Å². The number of hydrogen-bond acceptors (Lipinski definition) is 8. The highest BCUT2D eigenvalue weighted by Crippen LogP contribution is 2.36. The SMILES string of the molecule is COc1nc(C)c2nc(-c3cncc(C#N)c3)n(Cc3ccc(OC4CC5CCC(C4)N5C)cc3F)c2n1. The number of ether oxygens (including phenoxy) is 2. The van der Waals surface area contributed by atoms with Gasteiger partial charge in [-0.1, -0.05) is 6.07 Å². The molecule has 38 heavy (non-hydrogen) atoms. The molecule has 194 valence electrons. The molecule has 3 aromatic heterocycles. The quantitative estimate of drug-likeness (QED) is 0.377. The van der Waals surface area contributed by atoms with E-state index in [-0.39, 0.29) is 24.5 Å². The van der Waals surface area contributed by atoms with Crippen molar-refractivity contribution in [2.24, 2.45) is 0 Å². The summed E-state index contributed by atoms with van der Waals surface area (Å²) in [5.41, 5.74) is 3.19. The molecule has 4 aromatic rings. The van der Waals surface area contributed by atoms with Crippen LogP contribution in [0, 0.1) is 24.1 Å². The lowest BCUT2D eigenvalue weighted by atomic mass is 10.0. The number of hydrogen-bond donors (Lipinski definition) is 0. The largest absolute Gasteiger partial charge is 0.490 e. The first-order chi connectivity index (χ1) is 18.4. The maximum Gasteiger partial charge on any atom is 0.318 e. The number of nitrogens with zero attached hydrogens (tertiary/aromatic N) is 7. The molecule has 2 unspecified atom stereocenters. The second-order valence-electron chi connectivity index (χ2n) is 10.1. The van der Waals surface area contributed by atoms with Crippen molar-refractivity contribution >= 4 is 11.2 Å². The van der Waals surface area contributed by atoms with E-state index in [0.29, 0.717) is 57.2 Å². The van der Waals surface area contributed by atoms with Gasteiger partial charge in [-0.2, -0.15) is 15.2 Å². The lowest BCUT2D eigenvalue weighted by Gasteiger charge is -2.36. The molecule has 9 nitrogen and oxygen atoms in total. The molecule has 2 atom stereocenters. The van der Waals surface area contributed by atoms with Crippen LogP contribution in [0.1, 0.15) is 42.5 Å². The molecule has 2 saturated heterocycles. The van der Waals surface area contributed by atoms with Crippen LogP contribution in [0.5, 0.6) is 11.8 Å². The smallest absolute Gasteiger partial charge is 0.318 e. The highest BCUT2D eigenvalue weighted by molar-refractivity contribution is 5.79. The van der Waals surface area contributed by atoms with Gasteiger partial charge in [-0.15, -0.1) is 0 Å². The molecule has 0 N–H and O–H groups in total. The van der Waals surface area contributed by atoms with Crippen molar-refractivity contribution in [3.63, 3.8) is 0 Å². The van der Waals surface area contributed by atoms with Gasteiger partial charge < -0.3 is 18.9 Å². The third kappa shape index (κ3) is 4.33. The summed E-state index contributed by atoms with van der Waals surface area (Å²) < 4.78 is 28.8. The van der Waals surface area contributed by atoms with Gasteiger partial charge in [0.05, 0.1) is 24.9 Å². The second-order valence-corrected chi connectivity index (χ2v) is 10.1. The van der Waals surface area contributed by atoms with Crippen molar-refractivity contribution in [2.75, 3.05) is 14.2 Å². The van der Waals surface area contributed by atoms with Gasteiger partial charge in [-0.3, -0.25) is 4.98 Å². The number of aromatic nitrogens is 5. The summed E-state index contributed by atoms with van der Waals surface area (Å²) in [4.78, 5) is 20.3. The third-order valence-electron chi connectivity index (χ3n) is 7.77. The molecule has 2 fully saturated rings. The molecule has 2 bridgehead atoms. The van der Waals surface area contributed by atoms with Crippen molar-refractivity contribution in [3.05, 3.63) is 59.3 Å². The lowest BCUT2D eigenvalue weighted by molar-refractivity contribution is 0.0659. The first-order valence-corrected chi connectivity index (χ1v) is 12.7. The zero-order valence-corrected chi connectivity index (χ0v) is 21.6. The van der Waals surface area contributed by atoms with Crippen LogP contribution in [0.2, 0.25) is 0 Å². The minimum absolute atomic E-state index is 0.102. The van der Waals surface area contributed by atoms with E-state index in [0.717, 1.165) is 12.8 Å². The van der Waals surface area contributed by atoms with Crippen molar-refractivity contribution < 1.29 is 13.9 Å². The van der Waals surface area contributed by atoms with E-state index in [1.807, 2.05) is 13.0 Å². The minimum atomic E-state index is -0.368. The Kier molecular flexibility index (Phi) is 6.16. The van der Waals surface area contributed by atoms with Crippen LogP contribution in [-0.2, 0) is 6.54 Å². The van der Waals surface area contributed by atoms with E-state index in [2.05, 4.69) is 33.0 Å². The van der Waals surface area contributed by atoms with Gasteiger partial charge in [0.1, 0.15) is 35.1 Å². The summed E-state index contributed by atoms with van der Waals surface area (Å²) in [6.07, 6.45) is 7.56. The van der Waals surface area contributed by atoms with Crippen LogP contribution in [0.4, 0.5) is 4.39 Å². The normalized spacial score (nSPS) is 21.0. The molecule has 2 aliphatic heterocycles. The third-order valence-corrected chi connectivity index (χ3v) is 7.77. The summed E-state index contributed by atoms with van der Waals surface area (Å²) in [7, 11) is 3.69. The fraction of sp³-hybridized carbons (Fsp3) is 0.393. The predicted octanol–water partition coefficient (Wildman–Crippen LogP) is 4.27. The standard InChI is InChI=1S/C28H28FN7O2/c1-16-25-27(34-28(32-16)37-3)36(26(33-25)19-8-17(12-30)13-31-14-19)15-18-4-7-22(11-24(18)29)38-23-9-20-5-6-21(10-23)35(20)2/h4,7-8,11,13-14,20-21,23H,5-6,9-10,15H2,1-3H3. The zero-order chi connectivity index (χ0) is 26.4. The van der Waals surface area contributed by atoms with E-state index in [1.54, 1.807) is 22.9 Å². The van der Waals surface area contributed by atoms with Crippen molar-refractivity contribution in [1.29, 1.82) is 5.26 Å². The number of benzene rings is 1. The van der Waals surface area contributed by atoms with E-state index >= 15 is 4.39 Å². The number of fused-ring (bicyclic) bond motifs is 3. The highest BCUT2D eigenvalue weighted by Gasteiger charge is 2.39. The van der Waals surface area contributed by atoms with Gasteiger partial charge in [0, 0.05) is 41.7 Å². The molecule has 0 saturated carbocycles. The maximum atomic E-state index is 15.5. The number of imidazole rings is 1. The second kappa shape index (κ2) is 9.65. The Morgan fingerprint density at radius 1 is 1.11 bits per heavy atom. The molecular weight excluding hydrogens is 485 g/mol.